The summed E-state index contributed by atoms with van der Waals surface area (Å²) in [5, 5.41) is 10.0. The second-order valence-electron chi connectivity index (χ2n) is 3.21. The summed E-state index contributed by atoms with van der Waals surface area (Å²) in [6.45, 7) is 2.59. The van der Waals surface area contributed by atoms with Crippen LogP contribution in [0.1, 0.15) is 13.3 Å². The molecule has 0 aromatic rings. The number of allylic oxidation sites excluding steroid dienone is 2. The van der Waals surface area contributed by atoms with Gasteiger partial charge in [-0.15, -0.1) is 11.5 Å². The van der Waals surface area contributed by atoms with Crippen molar-refractivity contribution in [3.63, 3.8) is 0 Å². The molecule has 3 nitrogen and oxygen atoms in total. The molecular weight excluding hydrogens is 162 g/mol. The van der Waals surface area contributed by atoms with E-state index >= 15 is 0 Å². The molecule has 0 bridgehead atoms. The molecule has 2 rings (SSSR count). The van der Waals surface area contributed by atoms with Gasteiger partial charge in [-0.2, -0.15) is 0 Å². The average Bonchev–Trinajstić information content (AvgIpc) is 2.51. The molecule has 13 heavy (non-hydrogen) atoms. The quantitative estimate of drug-likeness (QED) is 0.556. The third-order valence-electron chi connectivity index (χ3n) is 2.33. The minimum atomic E-state index is 0.279. The Morgan fingerprint density at radius 2 is 2.62 bits per heavy atom. The standard InChI is InChI=1S/C10H11N3/c1-3-7-13-9-6-4-5-8(2)10(9)11-12-13/h1,4-5,9H,6-7H2,2H3/t9-/m0/s1. The van der Waals surface area contributed by atoms with Gasteiger partial charge in [-0.1, -0.05) is 23.3 Å². The zero-order chi connectivity index (χ0) is 9.26. The van der Waals surface area contributed by atoms with Gasteiger partial charge >= 0.3 is 0 Å². The van der Waals surface area contributed by atoms with E-state index in [1.54, 1.807) is 0 Å². The molecule has 0 aromatic carbocycles. The number of hydrogen-bond acceptors (Lipinski definition) is 3. The molecule has 0 aromatic heterocycles. The lowest BCUT2D eigenvalue weighted by atomic mass is 10.00. The molecule has 2 aliphatic rings. The summed E-state index contributed by atoms with van der Waals surface area (Å²) < 4.78 is 0. The molecule has 0 saturated heterocycles. The normalized spacial score (nSPS) is 24.9. The summed E-state index contributed by atoms with van der Waals surface area (Å²) in [6.07, 6.45) is 10.4. The molecule has 3 heteroatoms. The summed E-state index contributed by atoms with van der Waals surface area (Å²) in [4.78, 5) is 0. The largest absolute Gasteiger partial charge is 0.257 e. The van der Waals surface area contributed by atoms with Crippen LogP contribution in [0.3, 0.4) is 0 Å². The van der Waals surface area contributed by atoms with E-state index in [1.807, 2.05) is 5.01 Å². The van der Waals surface area contributed by atoms with Crippen molar-refractivity contribution >= 4 is 0 Å². The number of fused-ring (bicyclic) bond motifs is 1. The maximum atomic E-state index is 5.24. The van der Waals surface area contributed by atoms with Gasteiger partial charge in [0.2, 0.25) is 0 Å². The predicted octanol–water partition coefficient (Wildman–Crippen LogP) is 1.90. The molecule has 66 valence electrons. The molecule has 0 unspecified atom stereocenters. The van der Waals surface area contributed by atoms with Crippen LogP contribution in [0.15, 0.2) is 33.8 Å². The fourth-order valence-electron chi connectivity index (χ4n) is 1.65. The highest BCUT2D eigenvalue weighted by Crippen LogP contribution is 2.30. The number of rotatable bonds is 1. The van der Waals surface area contributed by atoms with Crippen LogP contribution in [0.5, 0.6) is 0 Å². The monoisotopic (exact) mass is 173 g/mol. The Morgan fingerprint density at radius 3 is 3.38 bits per heavy atom. The van der Waals surface area contributed by atoms with Gasteiger partial charge in [-0.05, 0) is 18.9 Å². The second kappa shape index (κ2) is 3.06. The van der Waals surface area contributed by atoms with E-state index in [2.05, 4.69) is 35.3 Å². The van der Waals surface area contributed by atoms with Crippen molar-refractivity contribution in [2.24, 2.45) is 10.3 Å². The lowest BCUT2D eigenvalue weighted by Crippen LogP contribution is -2.29. The molecule has 0 fully saturated rings. The molecule has 0 N–H and O–H groups in total. The summed E-state index contributed by atoms with van der Waals surface area (Å²) >= 11 is 0. The summed E-state index contributed by atoms with van der Waals surface area (Å²) in [6, 6.07) is 0.279. The van der Waals surface area contributed by atoms with E-state index in [1.165, 1.54) is 5.57 Å². The van der Waals surface area contributed by atoms with Crippen molar-refractivity contribution in [3.05, 3.63) is 23.4 Å². The van der Waals surface area contributed by atoms with Gasteiger partial charge in [0.15, 0.2) is 0 Å². The Balaban J connectivity index is 2.25. The van der Waals surface area contributed by atoms with Crippen molar-refractivity contribution in [2.45, 2.75) is 19.4 Å². The first-order valence-electron chi connectivity index (χ1n) is 4.32. The summed E-state index contributed by atoms with van der Waals surface area (Å²) in [5.41, 5.74) is 2.26. The Morgan fingerprint density at radius 1 is 1.77 bits per heavy atom. The van der Waals surface area contributed by atoms with Crippen LogP contribution in [-0.2, 0) is 0 Å². The lowest BCUT2D eigenvalue weighted by Gasteiger charge is -2.21. The Hall–Kier alpha value is -1.56. The average molecular weight is 173 g/mol. The van der Waals surface area contributed by atoms with E-state index < -0.39 is 0 Å². The summed E-state index contributed by atoms with van der Waals surface area (Å²) in [5.74, 6) is 2.58. The van der Waals surface area contributed by atoms with E-state index in [9.17, 15) is 0 Å². The van der Waals surface area contributed by atoms with Gasteiger partial charge in [0.05, 0.1) is 18.3 Å². The van der Waals surface area contributed by atoms with E-state index in [0.29, 0.717) is 6.54 Å². The SMILES string of the molecule is C#CCN1N=NC2=C(C)C=CC[C@@H]21. The summed E-state index contributed by atoms with van der Waals surface area (Å²) in [7, 11) is 0. The van der Waals surface area contributed by atoms with Crippen molar-refractivity contribution in [3.8, 4) is 12.3 Å². The smallest absolute Gasteiger partial charge is 0.0990 e. The van der Waals surface area contributed by atoms with Gasteiger partial charge < -0.3 is 0 Å². The van der Waals surface area contributed by atoms with E-state index in [4.69, 9.17) is 6.42 Å². The van der Waals surface area contributed by atoms with Gasteiger partial charge in [0.1, 0.15) is 0 Å². The van der Waals surface area contributed by atoms with Crippen molar-refractivity contribution in [1.29, 1.82) is 0 Å². The molecule has 1 aliphatic heterocycles. The Labute approximate surface area is 77.8 Å². The lowest BCUT2D eigenvalue weighted by molar-refractivity contribution is 0.279. The van der Waals surface area contributed by atoms with E-state index in [-0.39, 0.29) is 6.04 Å². The zero-order valence-corrected chi connectivity index (χ0v) is 7.57. The van der Waals surface area contributed by atoms with Crippen LogP contribution >= 0.6 is 0 Å². The third-order valence-corrected chi connectivity index (χ3v) is 2.33. The molecule has 0 saturated carbocycles. The van der Waals surface area contributed by atoms with Crippen LogP contribution < -0.4 is 0 Å². The van der Waals surface area contributed by atoms with Crippen molar-refractivity contribution < 1.29 is 0 Å². The Kier molecular flexibility index (Phi) is 1.90. The van der Waals surface area contributed by atoms with Gasteiger partial charge in [0, 0.05) is 0 Å². The Bertz CT molecular complexity index is 344. The van der Waals surface area contributed by atoms with Crippen LogP contribution in [0.25, 0.3) is 0 Å². The molecule has 1 atom stereocenters. The van der Waals surface area contributed by atoms with Crippen LogP contribution in [0.4, 0.5) is 0 Å². The van der Waals surface area contributed by atoms with Crippen molar-refractivity contribution in [1.82, 2.24) is 5.01 Å². The van der Waals surface area contributed by atoms with E-state index in [0.717, 1.165) is 12.1 Å². The van der Waals surface area contributed by atoms with Crippen molar-refractivity contribution in [2.75, 3.05) is 6.54 Å². The zero-order valence-electron chi connectivity index (χ0n) is 7.57. The molecular formula is C10H11N3. The second-order valence-corrected chi connectivity index (χ2v) is 3.21. The molecule has 1 aliphatic carbocycles. The van der Waals surface area contributed by atoms with Crippen LogP contribution in [-0.4, -0.2) is 17.6 Å². The first-order valence-corrected chi connectivity index (χ1v) is 4.32. The third kappa shape index (κ3) is 1.25. The highest BCUT2D eigenvalue weighted by Gasteiger charge is 2.28. The van der Waals surface area contributed by atoms with Crippen LogP contribution in [0.2, 0.25) is 0 Å². The van der Waals surface area contributed by atoms with Gasteiger partial charge in [-0.25, -0.2) is 0 Å². The van der Waals surface area contributed by atoms with Crippen LogP contribution in [0, 0.1) is 12.3 Å². The molecule has 1 heterocycles. The van der Waals surface area contributed by atoms with Gasteiger partial charge in [0.25, 0.3) is 0 Å². The first kappa shape index (κ1) is 8.06. The number of nitrogens with zero attached hydrogens (tertiary/aromatic N) is 3. The fraction of sp³-hybridized carbons (Fsp3) is 0.400. The fourth-order valence-corrected chi connectivity index (χ4v) is 1.65. The number of terminal acetylenes is 1. The highest BCUT2D eigenvalue weighted by molar-refractivity contribution is 5.32. The maximum absolute atomic E-state index is 5.24. The maximum Gasteiger partial charge on any atom is 0.0990 e. The van der Waals surface area contributed by atoms with Gasteiger partial charge in [-0.3, -0.25) is 5.01 Å². The molecule has 0 spiro atoms. The topological polar surface area (TPSA) is 28.0 Å². The molecule has 0 radical (unpaired) electrons. The minimum Gasteiger partial charge on any atom is -0.257 e. The highest BCUT2D eigenvalue weighted by atomic mass is 15.6. The number of hydrogen-bond donors (Lipinski definition) is 0. The first-order chi connectivity index (χ1) is 6.33. The minimum absolute atomic E-state index is 0.279. The molecule has 0 amide bonds. The predicted molar refractivity (Wildman–Crippen MR) is 50.6 cm³/mol.